The lowest BCUT2D eigenvalue weighted by Crippen LogP contribution is -2.26. The summed E-state index contributed by atoms with van der Waals surface area (Å²) in [5.41, 5.74) is 0.881. The van der Waals surface area contributed by atoms with Gasteiger partial charge in [-0.3, -0.25) is 0 Å². The number of H-pyrrole nitrogens is 1. The van der Waals surface area contributed by atoms with Gasteiger partial charge in [0, 0.05) is 31.5 Å². The highest BCUT2D eigenvalue weighted by atomic mass is 32.2. The SMILES string of the molecule is CN(Cc1ccco1)S(=O)(=O)c1c[nH]c(CNC2CC2)c1. The number of furan rings is 1. The lowest BCUT2D eigenvalue weighted by molar-refractivity contribution is 0.406. The van der Waals surface area contributed by atoms with Crippen molar-refractivity contribution >= 4 is 10.0 Å². The van der Waals surface area contributed by atoms with Crippen molar-refractivity contribution in [1.29, 1.82) is 0 Å². The third kappa shape index (κ3) is 3.37. The normalized spacial score (nSPS) is 15.7. The van der Waals surface area contributed by atoms with Crippen LogP contribution in [-0.2, 0) is 23.1 Å². The van der Waals surface area contributed by atoms with Crippen molar-refractivity contribution in [2.75, 3.05) is 7.05 Å². The number of aromatic amines is 1. The monoisotopic (exact) mass is 309 g/mol. The fourth-order valence-corrected chi connectivity index (χ4v) is 3.25. The molecule has 6 nitrogen and oxygen atoms in total. The fraction of sp³-hybridized carbons (Fsp3) is 0.429. The van der Waals surface area contributed by atoms with Crippen molar-refractivity contribution in [2.45, 2.75) is 36.9 Å². The van der Waals surface area contributed by atoms with E-state index < -0.39 is 10.0 Å². The second kappa shape index (κ2) is 5.67. The van der Waals surface area contributed by atoms with E-state index in [0.29, 0.717) is 18.3 Å². The Morgan fingerprint density at radius 3 is 2.95 bits per heavy atom. The van der Waals surface area contributed by atoms with Crippen LogP contribution in [0.25, 0.3) is 0 Å². The van der Waals surface area contributed by atoms with E-state index in [2.05, 4.69) is 10.3 Å². The van der Waals surface area contributed by atoms with E-state index in [0.717, 1.165) is 5.69 Å². The highest BCUT2D eigenvalue weighted by molar-refractivity contribution is 7.89. The summed E-state index contributed by atoms with van der Waals surface area (Å²) in [4.78, 5) is 3.30. The zero-order chi connectivity index (χ0) is 14.9. The highest BCUT2D eigenvalue weighted by Gasteiger charge is 2.24. The first kappa shape index (κ1) is 14.4. The Labute approximate surface area is 124 Å². The van der Waals surface area contributed by atoms with E-state index in [1.165, 1.54) is 29.6 Å². The molecule has 0 amide bonds. The first-order chi connectivity index (χ1) is 10.1. The van der Waals surface area contributed by atoms with Gasteiger partial charge in [0.1, 0.15) is 5.76 Å². The predicted octanol–water partition coefficient (Wildman–Crippen LogP) is 1.68. The van der Waals surface area contributed by atoms with Crippen molar-refractivity contribution in [3.8, 4) is 0 Å². The van der Waals surface area contributed by atoms with Crippen LogP contribution in [-0.4, -0.2) is 30.8 Å². The van der Waals surface area contributed by atoms with Gasteiger partial charge in [-0.05, 0) is 31.0 Å². The van der Waals surface area contributed by atoms with Crippen LogP contribution in [0.15, 0.2) is 40.0 Å². The highest BCUT2D eigenvalue weighted by Crippen LogP contribution is 2.21. The Kier molecular flexibility index (Phi) is 3.88. The molecule has 2 N–H and O–H groups in total. The van der Waals surface area contributed by atoms with Gasteiger partial charge in [0.2, 0.25) is 10.0 Å². The lowest BCUT2D eigenvalue weighted by atomic mass is 10.4. The summed E-state index contributed by atoms with van der Waals surface area (Å²) < 4.78 is 31.4. The molecule has 1 aliphatic carbocycles. The summed E-state index contributed by atoms with van der Waals surface area (Å²) in [5.74, 6) is 0.618. The molecule has 0 unspecified atom stereocenters. The summed E-state index contributed by atoms with van der Waals surface area (Å²) >= 11 is 0. The quantitative estimate of drug-likeness (QED) is 0.815. The number of aromatic nitrogens is 1. The average Bonchev–Trinajstić information content (AvgIpc) is 2.93. The molecule has 0 radical (unpaired) electrons. The van der Waals surface area contributed by atoms with E-state index in [1.807, 2.05) is 0 Å². The molecular formula is C14H19N3O3S. The van der Waals surface area contributed by atoms with Crippen molar-refractivity contribution in [3.63, 3.8) is 0 Å². The van der Waals surface area contributed by atoms with Gasteiger partial charge in [-0.25, -0.2) is 8.42 Å². The number of rotatable bonds is 7. The van der Waals surface area contributed by atoms with Gasteiger partial charge in [0.05, 0.1) is 17.7 Å². The molecule has 0 aliphatic heterocycles. The van der Waals surface area contributed by atoms with E-state index in [9.17, 15) is 8.42 Å². The molecule has 2 heterocycles. The van der Waals surface area contributed by atoms with Crippen LogP contribution in [0.2, 0.25) is 0 Å². The minimum Gasteiger partial charge on any atom is -0.468 e. The van der Waals surface area contributed by atoms with Crippen LogP contribution in [0.5, 0.6) is 0 Å². The van der Waals surface area contributed by atoms with Crippen LogP contribution in [0.3, 0.4) is 0 Å². The van der Waals surface area contributed by atoms with Crippen LogP contribution in [0.1, 0.15) is 24.3 Å². The summed E-state index contributed by atoms with van der Waals surface area (Å²) in [6.45, 7) is 0.887. The fourth-order valence-electron chi connectivity index (χ4n) is 2.10. The number of hydrogen-bond acceptors (Lipinski definition) is 4. The molecule has 21 heavy (non-hydrogen) atoms. The number of sulfonamides is 1. The lowest BCUT2D eigenvalue weighted by Gasteiger charge is -2.14. The molecule has 1 aliphatic rings. The van der Waals surface area contributed by atoms with E-state index in [-0.39, 0.29) is 11.4 Å². The summed E-state index contributed by atoms with van der Waals surface area (Å²) in [7, 11) is -1.95. The van der Waals surface area contributed by atoms with Gasteiger partial charge >= 0.3 is 0 Å². The molecule has 2 aromatic heterocycles. The molecule has 2 aromatic rings. The molecule has 0 aromatic carbocycles. The van der Waals surface area contributed by atoms with Gasteiger partial charge in [0.25, 0.3) is 0 Å². The molecule has 0 saturated heterocycles. The Hall–Kier alpha value is -1.57. The molecule has 0 bridgehead atoms. The maximum absolute atomic E-state index is 12.5. The average molecular weight is 309 g/mol. The zero-order valence-corrected chi connectivity index (χ0v) is 12.7. The first-order valence-electron chi connectivity index (χ1n) is 6.95. The van der Waals surface area contributed by atoms with Crippen LogP contribution >= 0.6 is 0 Å². The third-order valence-corrected chi connectivity index (χ3v) is 5.32. The van der Waals surface area contributed by atoms with Crippen LogP contribution in [0, 0.1) is 0 Å². The van der Waals surface area contributed by atoms with Crippen LogP contribution < -0.4 is 5.32 Å². The Balaban J connectivity index is 1.68. The number of hydrogen-bond donors (Lipinski definition) is 2. The van der Waals surface area contributed by atoms with Gasteiger partial charge in [-0.2, -0.15) is 4.31 Å². The Morgan fingerprint density at radius 1 is 1.48 bits per heavy atom. The standard InChI is InChI=1S/C14H19N3O3S/c1-17(10-13-3-2-6-20-13)21(18,19)14-7-12(16-9-14)8-15-11-4-5-11/h2-3,6-7,9,11,15-16H,4-5,8,10H2,1H3. The van der Waals surface area contributed by atoms with Crippen molar-refractivity contribution < 1.29 is 12.8 Å². The largest absolute Gasteiger partial charge is 0.468 e. The summed E-state index contributed by atoms with van der Waals surface area (Å²) in [5, 5.41) is 3.35. The molecule has 114 valence electrons. The predicted molar refractivity (Wildman–Crippen MR) is 78.0 cm³/mol. The second-order valence-corrected chi connectivity index (χ2v) is 7.40. The maximum Gasteiger partial charge on any atom is 0.244 e. The Morgan fingerprint density at radius 2 is 2.29 bits per heavy atom. The second-order valence-electron chi connectivity index (χ2n) is 5.36. The van der Waals surface area contributed by atoms with E-state index >= 15 is 0 Å². The van der Waals surface area contributed by atoms with E-state index in [1.54, 1.807) is 25.2 Å². The third-order valence-electron chi connectivity index (χ3n) is 3.54. The molecule has 0 atom stereocenters. The maximum atomic E-state index is 12.5. The Bertz CT molecular complexity index is 687. The van der Waals surface area contributed by atoms with Crippen molar-refractivity contribution in [3.05, 3.63) is 42.1 Å². The summed E-state index contributed by atoms with van der Waals surface area (Å²) in [6.07, 6.45) is 5.49. The molecule has 7 heteroatoms. The number of nitrogens with one attached hydrogen (secondary N) is 2. The minimum absolute atomic E-state index is 0.218. The van der Waals surface area contributed by atoms with E-state index in [4.69, 9.17) is 4.42 Å². The van der Waals surface area contributed by atoms with Gasteiger partial charge in [0.15, 0.2) is 0 Å². The van der Waals surface area contributed by atoms with Gasteiger partial charge in [-0.15, -0.1) is 0 Å². The number of nitrogens with zero attached hydrogens (tertiary/aromatic N) is 1. The molecule has 0 spiro atoms. The van der Waals surface area contributed by atoms with Gasteiger partial charge < -0.3 is 14.7 Å². The first-order valence-corrected chi connectivity index (χ1v) is 8.39. The molecule has 1 fully saturated rings. The summed E-state index contributed by atoms with van der Waals surface area (Å²) in [6, 6.07) is 5.78. The smallest absolute Gasteiger partial charge is 0.244 e. The molecular weight excluding hydrogens is 290 g/mol. The zero-order valence-electron chi connectivity index (χ0n) is 11.9. The topological polar surface area (TPSA) is 78.3 Å². The van der Waals surface area contributed by atoms with Crippen LogP contribution in [0.4, 0.5) is 0 Å². The van der Waals surface area contributed by atoms with Crippen molar-refractivity contribution in [2.24, 2.45) is 0 Å². The molecule has 3 rings (SSSR count). The van der Waals surface area contributed by atoms with Gasteiger partial charge in [-0.1, -0.05) is 0 Å². The molecule has 1 saturated carbocycles. The minimum atomic E-state index is -3.50. The van der Waals surface area contributed by atoms with Crippen molar-refractivity contribution in [1.82, 2.24) is 14.6 Å².